The summed E-state index contributed by atoms with van der Waals surface area (Å²) in [7, 11) is 0. The van der Waals surface area contributed by atoms with Crippen LogP contribution in [-0.2, 0) is 42.9 Å². The predicted molar refractivity (Wildman–Crippen MR) is 98.1 cm³/mol. The molecule has 1 N–H and O–H groups in total. The van der Waals surface area contributed by atoms with Crippen molar-refractivity contribution in [3.63, 3.8) is 0 Å². The van der Waals surface area contributed by atoms with Crippen LogP contribution in [0.3, 0.4) is 0 Å². The Morgan fingerprint density at radius 1 is 0.903 bits per heavy atom. The highest BCUT2D eigenvalue weighted by Crippen LogP contribution is 2.28. The summed E-state index contributed by atoms with van der Waals surface area (Å²) in [5, 5.41) is 2.51. The van der Waals surface area contributed by atoms with Crippen molar-refractivity contribution in [2.24, 2.45) is 0 Å². The van der Waals surface area contributed by atoms with E-state index in [-0.39, 0.29) is 5.76 Å². The number of hydrogen-bond acceptors (Lipinski definition) is 11. The van der Waals surface area contributed by atoms with Crippen molar-refractivity contribution in [2.45, 2.75) is 58.3 Å². The van der Waals surface area contributed by atoms with Crippen molar-refractivity contribution in [3.8, 4) is 0 Å². The molecule has 1 fully saturated rings. The Kier molecular flexibility index (Phi) is 8.14. The van der Waals surface area contributed by atoms with E-state index in [4.69, 9.17) is 28.1 Å². The van der Waals surface area contributed by atoms with Crippen LogP contribution in [0.4, 0.5) is 0 Å². The van der Waals surface area contributed by atoms with Crippen LogP contribution in [0.2, 0.25) is 0 Å². The number of amides is 1. The molecule has 1 saturated heterocycles. The Morgan fingerprint density at radius 2 is 1.52 bits per heavy atom. The lowest BCUT2D eigenvalue weighted by atomic mass is 9.96. The average Bonchev–Trinajstić information content (AvgIpc) is 3.18. The Morgan fingerprint density at radius 3 is 2.03 bits per heavy atom. The van der Waals surface area contributed by atoms with Crippen molar-refractivity contribution in [2.75, 3.05) is 6.61 Å². The van der Waals surface area contributed by atoms with Gasteiger partial charge in [0.1, 0.15) is 18.8 Å². The van der Waals surface area contributed by atoms with Crippen LogP contribution in [0, 0.1) is 0 Å². The number of hydrogen-bond donors (Lipinski definition) is 1. The number of nitrogens with one attached hydrogen (secondary N) is 1. The van der Waals surface area contributed by atoms with Crippen LogP contribution >= 0.6 is 0 Å². The quantitative estimate of drug-likeness (QED) is 0.452. The second kappa shape index (κ2) is 10.6. The first kappa shape index (κ1) is 23.9. The molecule has 0 spiro atoms. The van der Waals surface area contributed by atoms with E-state index in [9.17, 15) is 24.0 Å². The minimum Gasteiger partial charge on any atom is -0.463 e. The summed E-state index contributed by atoms with van der Waals surface area (Å²) in [5.74, 6) is -3.73. The lowest BCUT2D eigenvalue weighted by Crippen LogP contribution is -2.67. The third kappa shape index (κ3) is 6.81. The van der Waals surface area contributed by atoms with E-state index in [1.54, 1.807) is 0 Å². The van der Waals surface area contributed by atoms with Crippen LogP contribution < -0.4 is 5.32 Å². The van der Waals surface area contributed by atoms with Gasteiger partial charge in [0.05, 0.1) is 6.26 Å². The molecule has 2 heterocycles. The van der Waals surface area contributed by atoms with Gasteiger partial charge < -0.3 is 33.4 Å². The number of esters is 4. The van der Waals surface area contributed by atoms with Gasteiger partial charge in [-0.1, -0.05) is 0 Å². The molecule has 12 nitrogen and oxygen atoms in total. The molecular weight excluding hydrogens is 418 g/mol. The topological polar surface area (TPSA) is 157 Å². The molecule has 1 aromatic rings. The van der Waals surface area contributed by atoms with Crippen LogP contribution in [0.25, 0.3) is 0 Å². The molecule has 0 saturated carbocycles. The number of furan rings is 1. The predicted octanol–water partition coefficient (Wildman–Crippen LogP) is 0.0925. The molecule has 1 aromatic heterocycles. The van der Waals surface area contributed by atoms with E-state index >= 15 is 0 Å². The van der Waals surface area contributed by atoms with Crippen molar-refractivity contribution in [1.29, 1.82) is 0 Å². The standard InChI is InChI=1S/C19H23NO11/c1-9(21)27-8-14-16(28-10(2)22)17(29-11(3)23)15(19(31-14)30-12(4)24)20-18(25)13-6-5-7-26-13/h5-7,14-17,19H,8H2,1-4H3,(H,20,25)/t14-,15+,16+,17+,19+/m0/s1. The Labute approximate surface area is 177 Å². The Bertz CT molecular complexity index is 819. The molecule has 1 aliphatic heterocycles. The summed E-state index contributed by atoms with van der Waals surface area (Å²) >= 11 is 0. The zero-order chi connectivity index (χ0) is 23.1. The molecule has 1 amide bonds. The highest BCUT2D eigenvalue weighted by molar-refractivity contribution is 5.91. The van der Waals surface area contributed by atoms with Gasteiger partial charge in [-0.25, -0.2) is 0 Å². The van der Waals surface area contributed by atoms with Gasteiger partial charge in [-0.05, 0) is 12.1 Å². The van der Waals surface area contributed by atoms with Gasteiger partial charge in [-0.15, -0.1) is 0 Å². The third-order valence-electron chi connectivity index (χ3n) is 4.03. The summed E-state index contributed by atoms with van der Waals surface area (Å²) in [6.45, 7) is 4.08. The zero-order valence-corrected chi connectivity index (χ0v) is 17.3. The molecule has 170 valence electrons. The van der Waals surface area contributed by atoms with Crippen molar-refractivity contribution in [1.82, 2.24) is 5.32 Å². The van der Waals surface area contributed by atoms with Crippen LogP contribution in [0.1, 0.15) is 38.2 Å². The van der Waals surface area contributed by atoms with Gasteiger partial charge >= 0.3 is 23.9 Å². The van der Waals surface area contributed by atoms with Gasteiger partial charge in [0.25, 0.3) is 5.91 Å². The van der Waals surface area contributed by atoms with E-state index < -0.39 is 67.0 Å². The number of carbonyl (C=O) groups excluding carboxylic acids is 5. The lowest BCUT2D eigenvalue weighted by molar-refractivity contribution is -0.270. The maximum atomic E-state index is 12.5. The van der Waals surface area contributed by atoms with Gasteiger partial charge in [0.2, 0.25) is 6.29 Å². The third-order valence-corrected chi connectivity index (χ3v) is 4.03. The molecule has 12 heteroatoms. The second-order valence-corrected chi connectivity index (χ2v) is 6.58. The lowest BCUT2D eigenvalue weighted by Gasteiger charge is -2.44. The van der Waals surface area contributed by atoms with E-state index in [1.165, 1.54) is 18.4 Å². The minimum atomic E-state index is -1.46. The van der Waals surface area contributed by atoms with Gasteiger partial charge in [-0.2, -0.15) is 0 Å². The molecule has 0 aromatic carbocycles. The van der Waals surface area contributed by atoms with Gasteiger partial charge in [-0.3, -0.25) is 24.0 Å². The first-order valence-corrected chi connectivity index (χ1v) is 9.23. The molecule has 0 bridgehead atoms. The van der Waals surface area contributed by atoms with Crippen molar-refractivity contribution in [3.05, 3.63) is 24.2 Å². The van der Waals surface area contributed by atoms with Crippen LogP contribution in [0.15, 0.2) is 22.8 Å². The molecule has 2 rings (SSSR count). The number of ether oxygens (including phenoxy) is 5. The monoisotopic (exact) mass is 441 g/mol. The Balaban J connectivity index is 2.42. The summed E-state index contributed by atoms with van der Waals surface area (Å²) in [5.41, 5.74) is 0. The maximum Gasteiger partial charge on any atom is 0.305 e. The van der Waals surface area contributed by atoms with Gasteiger partial charge in [0.15, 0.2) is 18.0 Å². The SMILES string of the molecule is CC(=O)OC[C@@H]1O[C@@H](OC(C)=O)[C@H](NC(=O)c2ccco2)[C@@H](OC(C)=O)[C@@H]1OC(C)=O. The first-order valence-electron chi connectivity index (χ1n) is 9.23. The molecule has 1 aliphatic rings. The first-order chi connectivity index (χ1) is 14.6. The zero-order valence-electron chi connectivity index (χ0n) is 17.3. The smallest absolute Gasteiger partial charge is 0.305 e. The van der Waals surface area contributed by atoms with Gasteiger partial charge in [0, 0.05) is 27.7 Å². The van der Waals surface area contributed by atoms with Crippen LogP contribution in [0.5, 0.6) is 0 Å². The fourth-order valence-electron chi connectivity index (χ4n) is 2.95. The number of rotatable bonds is 7. The summed E-state index contributed by atoms with van der Waals surface area (Å²) in [6.07, 6.45) is -4.00. The fraction of sp³-hybridized carbons (Fsp3) is 0.526. The normalized spacial score (nSPS) is 25.1. The molecule has 5 atom stereocenters. The second-order valence-electron chi connectivity index (χ2n) is 6.58. The van der Waals surface area contributed by atoms with Crippen molar-refractivity contribution >= 4 is 29.8 Å². The molecule has 0 unspecified atom stereocenters. The molecule has 0 radical (unpaired) electrons. The summed E-state index contributed by atoms with van der Waals surface area (Å²) in [4.78, 5) is 58.9. The largest absolute Gasteiger partial charge is 0.463 e. The maximum absolute atomic E-state index is 12.5. The highest BCUT2D eigenvalue weighted by Gasteiger charge is 2.52. The highest BCUT2D eigenvalue weighted by atomic mass is 16.7. The van der Waals surface area contributed by atoms with E-state index in [0.29, 0.717) is 0 Å². The van der Waals surface area contributed by atoms with E-state index in [2.05, 4.69) is 5.32 Å². The molecular formula is C19H23NO11. The van der Waals surface area contributed by atoms with E-state index in [0.717, 1.165) is 27.7 Å². The fourth-order valence-corrected chi connectivity index (χ4v) is 2.95. The van der Waals surface area contributed by atoms with E-state index in [1.807, 2.05) is 0 Å². The minimum absolute atomic E-state index is 0.0748. The number of carbonyl (C=O) groups is 5. The molecule has 0 aliphatic carbocycles. The summed E-state index contributed by atoms with van der Waals surface area (Å²) < 4.78 is 31.4. The van der Waals surface area contributed by atoms with Crippen molar-refractivity contribution < 1.29 is 52.1 Å². The molecule has 31 heavy (non-hydrogen) atoms. The average molecular weight is 441 g/mol. The Hall–Kier alpha value is -3.41. The van der Waals surface area contributed by atoms with Crippen LogP contribution in [-0.4, -0.2) is 67.0 Å². The summed E-state index contributed by atoms with van der Waals surface area (Å²) in [6, 6.07) is 1.58.